The van der Waals surface area contributed by atoms with Crippen LogP contribution >= 0.6 is 11.6 Å². The van der Waals surface area contributed by atoms with Crippen molar-refractivity contribution >= 4 is 17.3 Å². The van der Waals surface area contributed by atoms with Gasteiger partial charge in [-0.1, -0.05) is 17.7 Å². The van der Waals surface area contributed by atoms with Crippen molar-refractivity contribution in [2.45, 2.75) is 13.0 Å². The molecule has 0 aliphatic rings. The topological polar surface area (TPSA) is 45.5 Å². The van der Waals surface area contributed by atoms with Crippen LogP contribution in [0.25, 0.3) is 0 Å². The highest BCUT2D eigenvalue weighted by Crippen LogP contribution is 2.28. The Morgan fingerprint density at radius 3 is 2.68 bits per heavy atom. The number of anilines is 1. The minimum Gasteiger partial charge on any atom is -0.383 e. The summed E-state index contributed by atoms with van der Waals surface area (Å²) in [6, 6.07) is 7.75. The van der Waals surface area contributed by atoms with E-state index in [0.29, 0.717) is 30.3 Å². The minimum absolute atomic E-state index is 0.130. The third-order valence-corrected chi connectivity index (χ3v) is 3.20. The molecule has 1 aromatic carbocycles. The van der Waals surface area contributed by atoms with Crippen LogP contribution in [0.4, 0.5) is 5.69 Å². The van der Waals surface area contributed by atoms with E-state index in [1.54, 1.807) is 20.3 Å². The molecule has 0 amide bonds. The molecule has 0 radical (unpaired) electrons. The summed E-state index contributed by atoms with van der Waals surface area (Å²) in [5.74, 6) is 0. The van der Waals surface area contributed by atoms with Gasteiger partial charge in [-0.2, -0.15) is 5.26 Å². The molecular formula is C14H19ClN2O2. The van der Waals surface area contributed by atoms with Crippen LogP contribution < -0.4 is 4.90 Å². The second-order valence-electron chi connectivity index (χ2n) is 4.24. The van der Waals surface area contributed by atoms with E-state index in [1.807, 2.05) is 19.1 Å². The van der Waals surface area contributed by atoms with Crippen molar-refractivity contribution in [2.24, 2.45) is 0 Å². The molecule has 0 aliphatic heterocycles. The van der Waals surface area contributed by atoms with Crippen molar-refractivity contribution in [3.8, 4) is 6.07 Å². The van der Waals surface area contributed by atoms with Gasteiger partial charge >= 0.3 is 0 Å². The summed E-state index contributed by atoms with van der Waals surface area (Å²) in [5, 5.41) is 9.73. The minimum atomic E-state index is 0.130. The Kier molecular flexibility index (Phi) is 6.65. The number of methoxy groups -OCH3 is 2. The fraction of sp³-hybridized carbons (Fsp3) is 0.500. The number of nitrogens with zero attached hydrogens (tertiary/aromatic N) is 2. The summed E-state index contributed by atoms with van der Waals surface area (Å²) in [6.45, 7) is 3.86. The zero-order valence-electron chi connectivity index (χ0n) is 11.5. The van der Waals surface area contributed by atoms with Gasteiger partial charge in [-0.25, -0.2) is 0 Å². The lowest BCUT2D eigenvalue weighted by Gasteiger charge is -2.31. The zero-order valence-corrected chi connectivity index (χ0v) is 12.3. The average molecular weight is 283 g/mol. The predicted octanol–water partition coefficient (Wildman–Crippen LogP) is 2.70. The number of halogens is 1. The largest absolute Gasteiger partial charge is 0.383 e. The first-order chi connectivity index (χ1) is 9.15. The highest BCUT2D eigenvalue weighted by Gasteiger charge is 2.18. The fourth-order valence-corrected chi connectivity index (χ4v) is 2.17. The lowest BCUT2D eigenvalue weighted by Crippen LogP contribution is -2.39. The van der Waals surface area contributed by atoms with E-state index in [1.165, 1.54) is 0 Å². The molecule has 5 heteroatoms. The average Bonchev–Trinajstić information content (AvgIpc) is 2.39. The van der Waals surface area contributed by atoms with E-state index in [-0.39, 0.29) is 6.04 Å². The summed E-state index contributed by atoms with van der Waals surface area (Å²) < 4.78 is 10.3. The number of benzene rings is 1. The molecule has 0 saturated carbocycles. The van der Waals surface area contributed by atoms with E-state index < -0.39 is 0 Å². The highest BCUT2D eigenvalue weighted by atomic mass is 35.5. The van der Waals surface area contributed by atoms with Gasteiger partial charge < -0.3 is 14.4 Å². The van der Waals surface area contributed by atoms with Gasteiger partial charge in [0.15, 0.2) is 0 Å². The molecule has 0 saturated heterocycles. The van der Waals surface area contributed by atoms with Crippen LogP contribution in [-0.2, 0) is 9.47 Å². The zero-order chi connectivity index (χ0) is 14.3. The number of hydrogen-bond donors (Lipinski definition) is 0. The Morgan fingerprint density at radius 1 is 1.37 bits per heavy atom. The van der Waals surface area contributed by atoms with Gasteiger partial charge in [0.05, 0.1) is 29.5 Å². The number of hydrogen-bond acceptors (Lipinski definition) is 4. The number of ether oxygens (including phenoxy) is 2. The van der Waals surface area contributed by atoms with E-state index in [9.17, 15) is 5.26 Å². The maximum Gasteiger partial charge on any atom is 0.103 e. The molecule has 0 aliphatic carbocycles. The molecule has 1 aromatic rings. The van der Waals surface area contributed by atoms with Crippen molar-refractivity contribution in [1.29, 1.82) is 5.26 Å². The smallest absolute Gasteiger partial charge is 0.103 e. The summed E-state index contributed by atoms with van der Waals surface area (Å²) in [5.41, 5.74) is 1.31. The molecule has 0 fully saturated rings. The first-order valence-electron chi connectivity index (χ1n) is 6.08. The maximum atomic E-state index is 9.26. The van der Waals surface area contributed by atoms with Crippen molar-refractivity contribution < 1.29 is 9.47 Å². The molecule has 1 unspecified atom stereocenters. The van der Waals surface area contributed by atoms with E-state index in [4.69, 9.17) is 21.1 Å². The molecular weight excluding hydrogens is 264 g/mol. The van der Waals surface area contributed by atoms with E-state index in [0.717, 1.165) is 5.69 Å². The van der Waals surface area contributed by atoms with Gasteiger partial charge in [0.1, 0.15) is 6.07 Å². The Hall–Kier alpha value is -1.28. The van der Waals surface area contributed by atoms with Crippen LogP contribution in [0.15, 0.2) is 18.2 Å². The lowest BCUT2D eigenvalue weighted by molar-refractivity contribution is 0.171. The normalized spacial score (nSPS) is 11.9. The van der Waals surface area contributed by atoms with Crippen LogP contribution in [0.3, 0.4) is 0 Å². The molecule has 0 heterocycles. The third-order valence-electron chi connectivity index (χ3n) is 2.89. The van der Waals surface area contributed by atoms with E-state index >= 15 is 0 Å². The fourth-order valence-electron chi connectivity index (χ4n) is 1.96. The molecule has 0 spiro atoms. The molecule has 0 N–H and O–H groups in total. The SMILES string of the molecule is COCCN(c1cccc(Cl)c1C#N)C(C)COC. The number of nitriles is 1. The third kappa shape index (κ3) is 4.10. The number of rotatable bonds is 7. The summed E-state index contributed by atoms with van der Waals surface area (Å²) in [6.07, 6.45) is 0. The van der Waals surface area contributed by atoms with Crippen LogP contribution in [0, 0.1) is 11.3 Å². The maximum absolute atomic E-state index is 9.26. The van der Waals surface area contributed by atoms with Crippen molar-refractivity contribution in [3.63, 3.8) is 0 Å². The van der Waals surface area contributed by atoms with Gasteiger partial charge in [-0.3, -0.25) is 0 Å². The molecule has 1 atom stereocenters. The Bertz CT molecular complexity index is 446. The van der Waals surface area contributed by atoms with Gasteiger partial charge in [-0.05, 0) is 19.1 Å². The lowest BCUT2D eigenvalue weighted by atomic mass is 10.1. The first-order valence-corrected chi connectivity index (χ1v) is 6.46. The molecule has 104 valence electrons. The molecule has 19 heavy (non-hydrogen) atoms. The highest BCUT2D eigenvalue weighted by molar-refractivity contribution is 6.32. The van der Waals surface area contributed by atoms with Gasteiger partial charge in [0, 0.05) is 26.8 Å². The van der Waals surface area contributed by atoms with Crippen molar-refractivity contribution in [1.82, 2.24) is 0 Å². The first kappa shape index (κ1) is 15.8. The summed E-state index contributed by atoms with van der Waals surface area (Å²) in [7, 11) is 3.32. The van der Waals surface area contributed by atoms with Gasteiger partial charge in [0.2, 0.25) is 0 Å². The second kappa shape index (κ2) is 8.00. The van der Waals surface area contributed by atoms with Crippen LogP contribution in [0.5, 0.6) is 0 Å². The van der Waals surface area contributed by atoms with Crippen molar-refractivity contribution in [3.05, 3.63) is 28.8 Å². The standard InChI is InChI=1S/C14H19ClN2O2/c1-11(10-19-3)17(7-8-18-2)14-6-4-5-13(15)12(14)9-16/h4-6,11H,7-8,10H2,1-3H3. The van der Waals surface area contributed by atoms with Crippen LogP contribution in [0.2, 0.25) is 5.02 Å². The van der Waals surface area contributed by atoms with Crippen LogP contribution in [0.1, 0.15) is 12.5 Å². The van der Waals surface area contributed by atoms with Gasteiger partial charge in [-0.15, -0.1) is 0 Å². The van der Waals surface area contributed by atoms with E-state index in [2.05, 4.69) is 11.0 Å². The molecule has 1 rings (SSSR count). The Balaban J connectivity index is 3.10. The quantitative estimate of drug-likeness (QED) is 0.771. The summed E-state index contributed by atoms with van der Waals surface area (Å²) >= 11 is 6.08. The molecule has 0 bridgehead atoms. The molecule has 0 aromatic heterocycles. The second-order valence-corrected chi connectivity index (χ2v) is 4.64. The molecule has 4 nitrogen and oxygen atoms in total. The van der Waals surface area contributed by atoms with Crippen LogP contribution in [-0.4, -0.2) is 40.0 Å². The monoisotopic (exact) mass is 282 g/mol. The Morgan fingerprint density at radius 2 is 2.11 bits per heavy atom. The van der Waals surface area contributed by atoms with Crippen molar-refractivity contribution in [2.75, 3.05) is 38.9 Å². The van der Waals surface area contributed by atoms with Gasteiger partial charge in [0.25, 0.3) is 0 Å². The summed E-state index contributed by atoms with van der Waals surface area (Å²) in [4.78, 5) is 2.08. The predicted molar refractivity (Wildman–Crippen MR) is 76.7 cm³/mol. The Labute approximate surface area is 119 Å².